The monoisotopic (exact) mass is 302 g/mol. The summed E-state index contributed by atoms with van der Waals surface area (Å²) in [5.41, 5.74) is 1.17. The van der Waals surface area contributed by atoms with Gasteiger partial charge in [-0.2, -0.15) is 10.1 Å². The van der Waals surface area contributed by atoms with Gasteiger partial charge in [-0.15, -0.1) is 0 Å². The zero-order chi connectivity index (χ0) is 15.7. The highest BCUT2D eigenvalue weighted by Gasteiger charge is 2.34. The summed E-state index contributed by atoms with van der Waals surface area (Å²) in [4.78, 5) is 13.0. The van der Waals surface area contributed by atoms with E-state index in [0.717, 1.165) is 18.9 Å². The minimum Gasteiger partial charge on any atom is -0.396 e. The molecule has 0 aliphatic carbocycles. The fraction of sp³-hybridized carbons (Fsp3) is 0.533. The molecule has 7 heteroatoms. The average molecular weight is 302 g/mol. The van der Waals surface area contributed by atoms with Crippen LogP contribution in [0.3, 0.4) is 0 Å². The number of aromatic nitrogens is 4. The molecule has 0 radical (unpaired) electrons. The van der Waals surface area contributed by atoms with Crippen LogP contribution < -0.4 is 9.80 Å². The zero-order valence-corrected chi connectivity index (χ0v) is 13.2. The molecular weight excluding hydrogens is 280 g/mol. The summed E-state index contributed by atoms with van der Waals surface area (Å²) in [6, 6.07) is 1.92. The van der Waals surface area contributed by atoms with Crippen molar-refractivity contribution < 1.29 is 5.11 Å². The highest BCUT2D eigenvalue weighted by atomic mass is 16.3. The number of aliphatic hydroxyl groups excluding tert-OH is 1. The first-order chi connectivity index (χ1) is 10.6. The van der Waals surface area contributed by atoms with Crippen LogP contribution in [0.5, 0.6) is 0 Å². The summed E-state index contributed by atoms with van der Waals surface area (Å²) in [5.74, 6) is 2.07. The molecule has 0 bridgehead atoms. The lowest BCUT2D eigenvalue weighted by Crippen LogP contribution is -2.23. The van der Waals surface area contributed by atoms with E-state index in [1.807, 2.05) is 44.5 Å². The van der Waals surface area contributed by atoms with Gasteiger partial charge in [0.15, 0.2) is 0 Å². The second kappa shape index (κ2) is 5.92. The molecule has 2 atom stereocenters. The highest BCUT2D eigenvalue weighted by Crippen LogP contribution is 2.34. The van der Waals surface area contributed by atoms with Crippen molar-refractivity contribution in [2.45, 2.75) is 5.92 Å². The number of aliphatic hydroxyl groups is 1. The maximum absolute atomic E-state index is 9.72. The fourth-order valence-corrected chi connectivity index (χ4v) is 2.98. The SMILES string of the molecule is CN(C)c1nccc(N2C[C@@H](CO)[C@H](c3cnn(C)c3)C2)n1. The normalized spacial score (nSPS) is 21.4. The van der Waals surface area contributed by atoms with Crippen LogP contribution in [0.25, 0.3) is 0 Å². The van der Waals surface area contributed by atoms with Crippen LogP contribution in [0.15, 0.2) is 24.7 Å². The number of hydrogen-bond donors (Lipinski definition) is 1. The summed E-state index contributed by atoms with van der Waals surface area (Å²) in [6.07, 6.45) is 5.70. The molecule has 0 unspecified atom stereocenters. The smallest absolute Gasteiger partial charge is 0.226 e. The summed E-state index contributed by atoms with van der Waals surface area (Å²) < 4.78 is 1.81. The first kappa shape index (κ1) is 14.8. The Labute approximate surface area is 130 Å². The summed E-state index contributed by atoms with van der Waals surface area (Å²) in [5, 5.41) is 14.0. The molecule has 1 fully saturated rings. The number of aryl methyl sites for hydroxylation is 1. The number of anilines is 2. The Balaban J connectivity index is 1.83. The summed E-state index contributed by atoms with van der Waals surface area (Å²) in [6.45, 7) is 1.79. The Morgan fingerprint density at radius 3 is 2.82 bits per heavy atom. The van der Waals surface area contributed by atoms with Crippen molar-refractivity contribution >= 4 is 11.8 Å². The third-order valence-corrected chi connectivity index (χ3v) is 4.18. The van der Waals surface area contributed by atoms with E-state index < -0.39 is 0 Å². The lowest BCUT2D eigenvalue weighted by atomic mass is 9.92. The molecule has 7 nitrogen and oxygen atoms in total. The molecule has 3 heterocycles. The molecule has 2 aromatic heterocycles. The van der Waals surface area contributed by atoms with Gasteiger partial charge >= 0.3 is 0 Å². The quantitative estimate of drug-likeness (QED) is 0.886. The van der Waals surface area contributed by atoms with E-state index in [1.165, 1.54) is 5.56 Å². The van der Waals surface area contributed by atoms with Crippen molar-refractivity contribution in [2.75, 3.05) is 43.6 Å². The maximum atomic E-state index is 9.72. The third-order valence-electron chi connectivity index (χ3n) is 4.18. The number of nitrogens with zero attached hydrogens (tertiary/aromatic N) is 6. The molecule has 22 heavy (non-hydrogen) atoms. The van der Waals surface area contributed by atoms with E-state index in [9.17, 15) is 5.11 Å². The molecule has 0 spiro atoms. The van der Waals surface area contributed by atoms with Crippen molar-refractivity contribution in [1.82, 2.24) is 19.7 Å². The maximum Gasteiger partial charge on any atom is 0.226 e. The van der Waals surface area contributed by atoms with Gasteiger partial charge in [0.05, 0.1) is 6.20 Å². The van der Waals surface area contributed by atoms with Gasteiger partial charge in [0.25, 0.3) is 0 Å². The van der Waals surface area contributed by atoms with Gasteiger partial charge in [-0.3, -0.25) is 4.68 Å². The topological polar surface area (TPSA) is 70.3 Å². The van der Waals surface area contributed by atoms with Gasteiger partial charge in [-0.25, -0.2) is 4.98 Å². The predicted octanol–water partition coefficient (Wildman–Crippen LogP) is 0.488. The zero-order valence-electron chi connectivity index (χ0n) is 13.2. The van der Waals surface area contributed by atoms with Gasteiger partial charge in [0, 0.05) is 65.1 Å². The van der Waals surface area contributed by atoms with Crippen LogP contribution in [0.1, 0.15) is 11.5 Å². The van der Waals surface area contributed by atoms with Crippen molar-refractivity contribution in [3.63, 3.8) is 0 Å². The van der Waals surface area contributed by atoms with E-state index in [1.54, 1.807) is 10.9 Å². The molecule has 1 N–H and O–H groups in total. The molecule has 3 rings (SSSR count). The van der Waals surface area contributed by atoms with Gasteiger partial charge in [-0.05, 0) is 11.6 Å². The van der Waals surface area contributed by atoms with E-state index in [4.69, 9.17) is 0 Å². The Hall–Kier alpha value is -2.15. The molecule has 1 aliphatic heterocycles. The molecule has 0 aromatic carbocycles. The highest BCUT2D eigenvalue weighted by molar-refractivity contribution is 5.45. The van der Waals surface area contributed by atoms with Crippen LogP contribution in [0, 0.1) is 5.92 Å². The van der Waals surface area contributed by atoms with Gasteiger partial charge in [0.1, 0.15) is 5.82 Å². The minimum atomic E-state index is 0.168. The lowest BCUT2D eigenvalue weighted by molar-refractivity contribution is 0.227. The molecule has 2 aromatic rings. The fourth-order valence-electron chi connectivity index (χ4n) is 2.98. The van der Waals surface area contributed by atoms with Crippen molar-refractivity contribution in [1.29, 1.82) is 0 Å². The molecule has 118 valence electrons. The van der Waals surface area contributed by atoms with Gasteiger partial charge in [0.2, 0.25) is 5.95 Å². The minimum absolute atomic E-state index is 0.168. The van der Waals surface area contributed by atoms with E-state index in [0.29, 0.717) is 5.95 Å². The molecule has 1 aliphatic rings. The Kier molecular flexibility index (Phi) is 3.98. The predicted molar refractivity (Wildman–Crippen MR) is 85.1 cm³/mol. The third kappa shape index (κ3) is 2.76. The number of rotatable bonds is 4. The van der Waals surface area contributed by atoms with Crippen LogP contribution >= 0.6 is 0 Å². The largest absolute Gasteiger partial charge is 0.396 e. The van der Waals surface area contributed by atoms with E-state index in [-0.39, 0.29) is 18.4 Å². The second-order valence-corrected chi connectivity index (χ2v) is 6.01. The van der Waals surface area contributed by atoms with Gasteiger partial charge < -0.3 is 14.9 Å². The Morgan fingerprint density at radius 2 is 2.18 bits per heavy atom. The molecule has 0 amide bonds. The first-order valence-corrected chi connectivity index (χ1v) is 7.43. The van der Waals surface area contributed by atoms with Crippen LogP contribution in [0.4, 0.5) is 11.8 Å². The van der Waals surface area contributed by atoms with Crippen LogP contribution in [-0.4, -0.2) is 58.6 Å². The molecule has 1 saturated heterocycles. The van der Waals surface area contributed by atoms with Crippen molar-refractivity contribution in [2.24, 2.45) is 13.0 Å². The van der Waals surface area contributed by atoms with Crippen LogP contribution in [0.2, 0.25) is 0 Å². The summed E-state index contributed by atoms with van der Waals surface area (Å²) in [7, 11) is 5.77. The molecular formula is C15H22N6O. The van der Waals surface area contributed by atoms with Crippen molar-refractivity contribution in [3.8, 4) is 0 Å². The average Bonchev–Trinajstić information content (AvgIpc) is 3.13. The van der Waals surface area contributed by atoms with Gasteiger partial charge in [-0.1, -0.05) is 0 Å². The first-order valence-electron chi connectivity index (χ1n) is 7.43. The van der Waals surface area contributed by atoms with E-state index >= 15 is 0 Å². The van der Waals surface area contributed by atoms with E-state index in [2.05, 4.69) is 20.0 Å². The van der Waals surface area contributed by atoms with Crippen LogP contribution in [-0.2, 0) is 7.05 Å². The summed E-state index contributed by atoms with van der Waals surface area (Å²) >= 11 is 0. The Morgan fingerprint density at radius 1 is 1.36 bits per heavy atom. The number of hydrogen-bond acceptors (Lipinski definition) is 6. The van der Waals surface area contributed by atoms with Crippen molar-refractivity contribution in [3.05, 3.63) is 30.2 Å². The standard InChI is InChI=1S/C15H22N6O/c1-19(2)15-16-5-4-14(18-15)21-8-12(10-22)13(9-21)11-6-17-20(3)7-11/h4-7,12-13,22H,8-10H2,1-3H3/t12-,13-/m0/s1. The molecule has 0 saturated carbocycles. The second-order valence-electron chi connectivity index (χ2n) is 6.01. The Bertz CT molecular complexity index is 640. The lowest BCUT2D eigenvalue weighted by Gasteiger charge is -2.19.